The van der Waals surface area contributed by atoms with E-state index in [0.717, 1.165) is 37.8 Å². The van der Waals surface area contributed by atoms with Gasteiger partial charge in [0.2, 0.25) is 0 Å². The fraction of sp³-hybridized carbons (Fsp3) is 0.714. The molecule has 1 aromatic heterocycles. The Hall–Kier alpha value is -1.36. The van der Waals surface area contributed by atoms with E-state index >= 15 is 0 Å². The van der Waals surface area contributed by atoms with E-state index < -0.39 is 0 Å². The maximum absolute atomic E-state index is 4.54. The van der Waals surface area contributed by atoms with E-state index in [1.807, 2.05) is 12.4 Å². The molecule has 0 bridgehead atoms. The van der Waals surface area contributed by atoms with Crippen LogP contribution in [0.4, 0.5) is 11.6 Å². The summed E-state index contributed by atoms with van der Waals surface area (Å²) in [6, 6.07) is 0.591. The Morgan fingerprint density at radius 3 is 2.53 bits per heavy atom. The fourth-order valence-electron chi connectivity index (χ4n) is 2.91. The van der Waals surface area contributed by atoms with Gasteiger partial charge in [0.05, 0.1) is 12.4 Å². The summed E-state index contributed by atoms with van der Waals surface area (Å²) in [5.74, 6) is 1.92. The normalized spacial score (nSPS) is 21.4. The number of anilines is 2. The van der Waals surface area contributed by atoms with Gasteiger partial charge in [-0.15, -0.1) is 0 Å². The van der Waals surface area contributed by atoms with Crippen LogP contribution in [0, 0.1) is 0 Å². The highest BCUT2D eigenvalue weighted by atomic mass is 15.2. The molecule has 2 aliphatic rings. The molecule has 5 nitrogen and oxygen atoms in total. The van der Waals surface area contributed by atoms with Gasteiger partial charge in [0, 0.05) is 32.2 Å². The van der Waals surface area contributed by atoms with Crippen LogP contribution >= 0.6 is 0 Å². The molecule has 0 amide bonds. The lowest BCUT2D eigenvalue weighted by Gasteiger charge is -2.28. The first kappa shape index (κ1) is 12.7. The third-order valence-corrected chi connectivity index (χ3v) is 4.04. The van der Waals surface area contributed by atoms with Crippen LogP contribution in [0.3, 0.4) is 0 Å². The molecule has 2 heterocycles. The number of nitrogens with one attached hydrogen (secondary N) is 2. The molecule has 1 saturated heterocycles. The molecule has 2 fully saturated rings. The third kappa shape index (κ3) is 3.35. The molecule has 3 rings (SSSR count). The molecule has 1 saturated carbocycles. The number of piperazine rings is 1. The summed E-state index contributed by atoms with van der Waals surface area (Å²) < 4.78 is 0. The first-order chi connectivity index (χ1) is 9.42. The largest absolute Gasteiger partial charge is 0.366 e. The standard InChI is InChI=1S/C14H23N5/c1-2-4-12(5-3-1)18-13-10-17-14(11-16-13)19-8-6-15-7-9-19/h10-12,15H,1-9H2,(H,16,18). The monoisotopic (exact) mass is 261 g/mol. The van der Waals surface area contributed by atoms with Crippen LogP contribution < -0.4 is 15.5 Å². The van der Waals surface area contributed by atoms with E-state index in [1.165, 1.54) is 32.1 Å². The van der Waals surface area contributed by atoms with Crippen molar-refractivity contribution in [3.8, 4) is 0 Å². The Bertz CT molecular complexity index is 379. The van der Waals surface area contributed by atoms with Crippen molar-refractivity contribution in [3.05, 3.63) is 12.4 Å². The highest BCUT2D eigenvalue weighted by molar-refractivity contribution is 5.42. The molecule has 0 aromatic carbocycles. The smallest absolute Gasteiger partial charge is 0.147 e. The number of nitrogens with zero attached hydrogens (tertiary/aromatic N) is 3. The summed E-state index contributed by atoms with van der Waals surface area (Å²) in [5, 5.41) is 6.85. The highest BCUT2D eigenvalue weighted by Gasteiger charge is 2.15. The van der Waals surface area contributed by atoms with E-state index in [2.05, 4.69) is 25.5 Å². The minimum atomic E-state index is 0.591. The maximum atomic E-state index is 4.54. The zero-order valence-electron chi connectivity index (χ0n) is 11.4. The van der Waals surface area contributed by atoms with E-state index in [0.29, 0.717) is 6.04 Å². The zero-order valence-corrected chi connectivity index (χ0v) is 11.4. The second kappa shape index (κ2) is 6.19. The van der Waals surface area contributed by atoms with E-state index in [9.17, 15) is 0 Å². The lowest BCUT2D eigenvalue weighted by molar-refractivity contribution is 0.461. The van der Waals surface area contributed by atoms with Gasteiger partial charge in [0.25, 0.3) is 0 Å². The van der Waals surface area contributed by atoms with Gasteiger partial charge in [-0.2, -0.15) is 0 Å². The Labute approximate surface area is 114 Å². The van der Waals surface area contributed by atoms with Crippen LogP contribution in [0.2, 0.25) is 0 Å². The average molecular weight is 261 g/mol. The summed E-state index contributed by atoms with van der Waals surface area (Å²) in [6.45, 7) is 4.10. The lowest BCUT2D eigenvalue weighted by atomic mass is 9.96. The van der Waals surface area contributed by atoms with Gasteiger partial charge in [0.1, 0.15) is 11.6 Å². The number of hydrogen-bond acceptors (Lipinski definition) is 5. The van der Waals surface area contributed by atoms with Gasteiger partial charge in [0.15, 0.2) is 0 Å². The van der Waals surface area contributed by atoms with Crippen LogP contribution in [0.1, 0.15) is 32.1 Å². The van der Waals surface area contributed by atoms with Crippen LogP contribution in [0.15, 0.2) is 12.4 Å². The SMILES string of the molecule is c1nc(N2CCNCC2)cnc1NC1CCCCC1. The van der Waals surface area contributed by atoms with E-state index in [-0.39, 0.29) is 0 Å². The quantitative estimate of drug-likeness (QED) is 0.866. The van der Waals surface area contributed by atoms with E-state index in [4.69, 9.17) is 0 Å². The van der Waals surface area contributed by atoms with Gasteiger partial charge < -0.3 is 15.5 Å². The Kier molecular flexibility index (Phi) is 4.13. The first-order valence-corrected chi connectivity index (χ1v) is 7.46. The summed E-state index contributed by atoms with van der Waals surface area (Å²) in [4.78, 5) is 11.3. The number of hydrogen-bond donors (Lipinski definition) is 2. The highest BCUT2D eigenvalue weighted by Crippen LogP contribution is 2.21. The summed E-state index contributed by atoms with van der Waals surface area (Å²) in [6.07, 6.45) is 10.4. The van der Waals surface area contributed by atoms with Gasteiger partial charge >= 0.3 is 0 Å². The lowest BCUT2D eigenvalue weighted by Crippen LogP contribution is -2.43. The molecule has 1 aliphatic heterocycles. The number of rotatable bonds is 3. The van der Waals surface area contributed by atoms with Crippen molar-refractivity contribution in [2.24, 2.45) is 0 Å². The molecule has 0 radical (unpaired) electrons. The minimum Gasteiger partial charge on any atom is -0.366 e. The third-order valence-electron chi connectivity index (χ3n) is 4.04. The van der Waals surface area contributed by atoms with Crippen molar-refractivity contribution in [3.63, 3.8) is 0 Å². The van der Waals surface area contributed by atoms with E-state index in [1.54, 1.807) is 0 Å². The van der Waals surface area contributed by atoms with Gasteiger partial charge in [-0.1, -0.05) is 19.3 Å². The number of aromatic nitrogens is 2. The van der Waals surface area contributed by atoms with Gasteiger partial charge in [-0.05, 0) is 12.8 Å². The molecule has 0 atom stereocenters. The summed E-state index contributed by atoms with van der Waals surface area (Å²) in [7, 11) is 0. The second-order valence-electron chi connectivity index (χ2n) is 5.48. The predicted octanol–water partition coefficient (Wildman–Crippen LogP) is 1.63. The molecular weight excluding hydrogens is 238 g/mol. The van der Waals surface area contributed by atoms with Crippen molar-refractivity contribution in [2.45, 2.75) is 38.1 Å². The first-order valence-electron chi connectivity index (χ1n) is 7.46. The van der Waals surface area contributed by atoms with Crippen molar-refractivity contribution >= 4 is 11.6 Å². The van der Waals surface area contributed by atoms with Crippen LogP contribution in [0.5, 0.6) is 0 Å². The minimum absolute atomic E-state index is 0.591. The second-order valence-corrected chi connectivity index (χ2v) is 5.48. The fourth-order valence-corrected chi connectivity index (χ4v) is 2.91. The Morgan fingerprint density at radius 2 is 1.84 bits per heavy atom. The van der Waals surface area contributed by atoms with Crippen molar-refractivity contribution in [1.82, 2.24) is 15.3 Å². The zero-order chi connectivity index (χ0) is 12.9. The Morgan fingerprint density at radius 1 is 1.05 bits per heavy atom. The molecule has 0 unspecified atom stereocenters. The average Bonchev–Trinajstić information content (AvgIpc) is 2.50. The van der Waals surface area contributed by atoms with Crippen molar-refractivity contribution < 1.29 is 0 Å². The van der Waals surface area contributed by atoms with Crippen LogP contribution in [-0.4, -0.2) is 42.2 Å². The molecule has 1 aromatic rings. The van der Waals surface area contributed by atoms with Gasteiger partial charge in [-0.25, -0.2) is 9.97 Å². The molecule has 2 N–H and O–H groups in total. The molecule has 0 spiro atoms. The molecule has 5 heteroatoms. The molecule has 1 aliphatic carbocycles. The van der Waals surface area contributed by atoms with Crippen LogP contribution in [0.25, 0.3) is 0 Å². The summed E-state index contributed by atoms with van der Waals surface area (Å²) in [5.41, 5.74) is 0. The van der Waals surface area contributed by atoms with Crippen LogP contribution in [-0.2, 0) is 0 Å². The van der Waals surface area contributed by atoms with Crippen molar-refractivity contribution in [2.75, 3.05) is 36.4 Å². The molecular formula is C14H23N5. The molecule has 104 valence electrons. The topological polar surface area (TPSA) is 53.1 Å². The summed E-state index contributed by atoms with van der Waals surface area (Å²) >= 11 is 0. The van der Waals surface area contributed by atoms with Gasteiger partial charge in [-0.3, -0.25) is 0 Å². The van der Waals surface area contributed by atoms with Crippen molar-refractivity contribution in [1.29, 1.82) is 0 Å². The molecule has 19 heavy (non-hydrogen) atoms. The predicted molar refractivity (Wildman–Crippen MR) is 77.6 cm³/mol. The Balaban J connectivity index is 1.58. The maximum Gasteiger partial charge on any atom is 0.147 e.